The Balaban J connectivity index is 2.70. The summed E-state index contributed by atoms with van der Waals surface area (Å²) in [5.74, 6) is 0.926. The summed E-state index contributed by atoms with van der Waals surface area (Å²) in [6.07, 6.45) is 0.645. The number of methoxy groups -OCH3 is 1. The second-order valence-electron chi connectivity index (χ2n) is 3.61. The van der Waals surface area contributed by atoms with Crippen LogP contribution >= 0.6 is 0 Å². The highest BCUT2D eigenvalue weighted by atomic mass is 32.2. The third-order valence-electron chi connectivity index (χ3n) is 2.44. The minimum atomic E-state index is -3.06. The van der Waals surface area contributed by atoms with Crippen molar-refractivity contribution in [2.24, 2.45) is 0 Å². The van der Waals surface area contributed by atoms with Gasteiger partial charge in [0.05, 0.1) is 18.4 Å². The standard InChI is InChI=1S/C12H16O5S/c1-3-18(14,15)7-6-17-12-5-4-11(16-2)8-10(12)9-13/h4-5,8-9H,3,6-7H2,1-2H3. The van der Waals surface area contributed by atoms with Crippen molar-refractivity contribution in [2.45, 2.75) is 6.92 Å². The fourth-order valence-electron chi connectivity index (χ4n) is 1.30. The van der Waals surface area contributed by atoms with Gasteiger partial charge in [-0.1, -0.05) is 6.92 Å². The first-order valence-corrected chi connectivity index (χ1v) is 7.31. The molecule has 1 aromatic carbocycles. The molecule has 0 N–H and O–H groups in total. The number of ether oxygens (including phenoxy) is 2. The van der Waals surface area contributed by atoms with Crippen LogP contribution in [0, 0.1) is 0 Å². The molecule has 0 aliphatic heterocycles. The van der Waals surface area contributed by atoms with E-state index in [0.717, 1.165) is 0 Å². The van der Waals surface area contributed by atoms with E-state index in [4.69, 9.17) is 9.47 Å². The van der Waals surface area contributed by atoms with E-state index in [-0.39, 0.29) is 18.1 Å². The second kappa shape index (κ2) is 6.39. The van der Waals surface area contributed by atoms with E-state index in [2.05, 4.69) is 0 Å². The largest absolute Gasteiger partial charge is 0.497 e. The zero-order valence-electron chi connectivity index (χ0n) is 10.4. The van der Waals surface area contributed by atoms with Crippen LogP contribution in [0.3, 0.4) is 0 Å². The van der Waals surface area contributed by atoms with Crippen LogP contribution in [-0.2, 0) is 9.84 Å². The van der Waals surface area contributed by atoms with Crippen LogP contribution in [0.15, 0.2) is 18.2 Å². The molecule has 0 unspecified atom stereocenters. The number of sulfone groups is 1. The summed E-state index contributed by atoms with van der Waals surface area (Å²) in [5, 5.41) is 0. The maximum absolute atomic E-state index is 11.3. The molecule has 0 aliphatic rings. The second-order valence-corrected chi connectivity index (χ2v) is 6.08. The Morgan fingerprint density at radius 2 is 2.06 bits per heavy atom. The monoisotopic (exact) mass is 272 g/mol. The average Bonchev–Trinajstić information content (AvgIpc) is 2.38. The maximum atomic E-state index is 11.3. The first-order chi connectivity index (χ1) is 8.52. The third kappa shape index (κ3) is 4.03. The van der Waals surface area contributed by atoms with Gasteiger partial charge in [0.15, 0.2) is 16.1 Å². The third-order valence-corrected chi connectivity index (χ3v) is 4.10. The Hall–Kier alpha value is -1.56. The number of carbonyl (C=O) groups excluding carboxylic acids is 1. The molecule has 18 heavy (non-hydrogen) atoms. The summed E-state index contributed by atoms with van der Waals surface area (Å²) in [7, 11) is -1.56. The molecule has 100 valence electrons. The van der Waals surface area contributed by atoms with E-state index in [0.29, 0.717) is 23.3 Å². The molecule has 0 radical (unpaired) electrons. The number of rotatable bonds is 7. The van der Waals surface area contributed by atoms with Crippen LogP contribution in [0.1, 0.15) is 17.3 Å². The highest BCUT2D eigenvalue weighted by Gasteiger charge is 2.09. The molecule has 5 nitrogen and oxygen atoms in total. The van der Waals surface area contributed by atoms with Gasteiger partial charge >= 0.3 is 0 Å². The van der Waals surface area contributed by atoms with Gasteiger partial charge in [-0.2, -0.15) is 0 Å². The summed E-state index contributed by atoms with van der Waals surface area (Å²) in [4.78, 5) is 10.9. The lowest BCUT2D eigenvalue weighted by Gasteiger charge is -2.09. The molecule has 0 heterocycles. The summed E-state index contributed by atoms with van der Waals surface area (Å²) >= 11 is 0. The molecule has 0 spiro atoms. The number of carbonyl (C=O) groups is 1. The van der Waals surface area contributed by atoms with Crippen molar-refractivity contribution in [3.8, 4) is 11.5 Å². The molecule has 1 rings (SSSR count). The number of hydrogen-bond donors (Lipinski definition) is 0. The van der Waals surface area contributed by atoms with Crippen molar-refractivity contribution in [2.75, 3.05) is 25.2 Å². The Morgan fingerprint density at radius 1 is 1.33 bits per heavy atom. The topological polar surface area (TPSA) is 69.7 Å². The fraction of sp³-hybridized carbons (Fsp3) is 0.417. The zero-order valence-corrected chi connectivity index (χ0v) is 11.2. The Morgan fingerprint density at radius 3 is 2.61 bits per heavy atom. The molecule has 0 aromatic heterocycles. The molecule has 0 amide bonds. The quantitative estimate of drug-likeness (QED) is 0.700. The van der Waals surface area contributed by atoms with Crippen LogP contribution < -0.4 is 9.47 Å². The van der Waals surface area contributed by atoms with Crippen LogP contribution in [0.2, 0.25) is 0 Å². The van der Waals surface area contributed by atoms with Gasteiger partial charge in [0, 0.05) is 5.75 Å². The zero-order chi connectivity index (χ0) is 13.6. The molecule has 0 bridgehead atoms. The van der Waals surface area contributed by atoms with Crippen molar-refractivity contribution >= 4 is 16.1 Å². The van der Waals surface area contributed by atoms with Gasteiger partial charge in [-0.25, -0.2) is 8.42 Å². The first kappa shape index (κ1) is 14.5. The van der Waals surface area contributed by atoms with E-state index in [1.807, 2.05) is 0 Å². The van der Waals surface area contributed by atoms with Crippen LogP contribution in [-0.4, -0.2) is 39.9 Å². The van der Waals surface area contributed by atoms with E-state index in [9.17, 15) is 13.2 Å². The summed E-state index contributed by atoms with van der Waals surface area (Å²) in [5.41, 5.74) is 0.336. The van der Waals surface area contributed by atoms with Crippen molar-refractivity contribution in [1.29, 1.82) is 0 Å². The van der Waals surface area contributed by atoms with E-state index < -0.39 is 9.84 Å². The molecule has 1 aromatic rings. The van der Waals surface area contributed by atoms with E-state index in [1.54, 1.807) is 19.1 Å². The number of benzene rings is 1. The Labute approximate surface area is 107 Å². The molecule has 6 heteroatoms. The predicted octanol–water partition coefficient (Wildman–Crippen LogP) is 1.32. The van der Waals surface area contributed by atoms with Gasteiger partial charge in [0.2, 0.25) is 0 Å². The molecule has 0 saturated carbocycles. The van der Waals surface area contributed by atoms with Crippen molar-refractivity contribution in [1.82, 2.24) is 0 Å². The average molecular weight is 272 g/mol. The highest BCUT2D eigenvalue weighted by Crippen LogP contribution is 2.22. The van der Waals surface area contributed by atoms with Crippen molar-refractivity contribution in [3.05, 3.63) is 23.8 Å². The summed E-state index contributed by atoms with van der Waals surface area (Å²) in [6, 6.07) is 4.77. The van der Waals surface area contributed by atoms with Gasteiger partial charge < -0.3 is 9.47 Å². The maximum Gasteiger partial charge on any atom is 0.153 e. The molecule has 0 aliphatic carbocycles. The van der Waals surface area contributed by atoms with E-state index >= 15 is 0 Å². The van der Waals surface area contributed by atoms with Crippen LogP contribution in [0.4, 0.5) is 0 Å². The lowest BCUT2D eigenvalue weighted by atomic mass is 10.2. The van der Waals surface area contributed by atoms with Crippen LogP contribution in [0.25, 0.3) is 0 Å². The predicted molar refractivity (Wildman–Crippen MR) is 68.2 cm³/mol. The van der Waals surface area contributed by atoms with Crippen LogP contribution in [0.5, 0.6) is 11.5 Å². The normalized spacial score (nSPS) is 11.0. The molecular weight excluding hydrogens is 256 g/mol. The van der Waals surface area contributed by atoms with Gasteiger partial charge in [0.1, 0.15) is 18.1 Å². The van der Waals surface area contributed by atoms with Gasteiger partial charge in [-0.15, -0.1) is 0 Å². The molecular formula is C12H16O5S. The Bertz CT molecular complexity index is 507. The number of aldehydes is 1. The smallest absolute Gasteiger partial charge is 0.153 e. The Kier molecular flexibility index (Phi) is 5.15. The lowest BCUT2D eigenvalue weighted by molar-refractivity contribution is 0.111. The van der Waals surface area contributed by atoms with Gasteiger partial charge in [0.25, 0.3) is 0 Å². The minimum Gasteiger partial charge on any atom is -0.497 e. The van der Waals surface area contributed by atoms with Crippen molar-refractivity contribution in [3.63, 3.8) is 0 Å². The summed E-state index contributed by atoms with van der Waals surface area (Å²) < 4.78 is 32.8. The molecule has 0 atom stereocenters. The van der Waals surface area contributed by atoms with Crippen molar-refractivity contribution < 1.29 is 22.7 Å². The highest BCUT2D eigenvalue weighted by molar-refractivity contribution is 7.91. The van der Waals surface area contributed by atoms with E-state index in [1.165, 1.54) is 13.2 Å². The summed E-state index contributed by atoms with van der Waals surface area (Å²) in [6.45, 7) is 1.61. The van der Waals surface area contributed by atoms with Gasteiger partial charge in [-0.05, 0) is 18.2 Å². The SMILES string of the molecule is CCS(=O)(=O)CCOc1ccc(OC)cc1C=O. The van der Waals surface area contributed by atoms with Gasteiger partial charge in [-0.3, -0.25) is 4.79 Å². The minimum absolute atomic E-state index is 0.0311. The lowest BCUT2D eigenvalue weighted by Crippen LogP contribution is -2.16. The first-order valence-electron chi connectivity index (χ1n) is 5.49. The molecule has 0 saturated heterocycles. The molecule has 0 fully saturated rings. The number of hydrogen-bond acceptors (Lipinski definition) is 5. The fourth-order valence-corrected chi connectivity index (χ4v) is 1.93.